The van der Waals surface area contributed by atoms with E-state index in [-0.39, 0.29) is 23.5 Å². The predicted octanol–water partition coefficient (Wildman–Crippen LogP) is 0.736. The molecular weight excluding hydrogens is 284 g/mol. The fourth-order valence-corrected chi connectivity index (χ4v) is 5.67. The normalized spacial score (nSPS) is 24.3. The molecule has 7 heteroatoms. The summed E-state index contributed by atoms with van der Waals surface area (Å²) in [5.41, 5.74) is 7.57. The number of fused-ring (bicyclic) bond motifs is 1. The summed E-state index contributed by atoms with van der Waals surface area (Å²) in [6.45, 7) is 0. The largest absolute Gasteiger partial charge is 0.390 e. The zero-order chi connectivity index (χ0) is 13.6. The second-order valence-corrected chi connectivity index (χ2v) is 8.54. The molecule has 2 heterocycles. The Morgan fingerprint density at radius 2 is 2.16 bits per heavy atom. The third-order valence-electron chi connectivity index (χ3n) is 3.74. The van der Waals surface area contributed by atoms with Gasteiger partial charge in [-0.1, -0.05) is 0 Å². The quantitative estimate of drug-likeness (QED) is 0.843. The molecule has 0 unspecified atom stereocenters. The SMILES string of the molecule is Nc1sc2c(c1C(=O)N[C@@H]1CCS(=O)(=O)C1)CCC2. The lowest BCUT2D eigenvalue weighted by Crippen LogP contribution is -2.36. The van der Waals surface area contributed by atoms with Crippen molar-refractivity contribution >= 4 is 32.1 Å². The van der Waals surface area contributed by atoms with E-state index in [1.54, 1.807) is 0 Å². The molecule has 1 aliphatic carbocycles. The molecule has 0 radical (unpaired) electrons. The molecule has 1 aromatic rings. The van der Waals surface area contributed by atoms with E-state index in [4.69, 9.17) is 5.73 Å². The maximum absolute atomic E-state index is 12.3. The molecule has 1 aliphatic heterocycles. The van der Waals surface area contributed by atoms with Crippen LogP contribution in [0, 0.1) is 0 Å². The van der Waals surface area contributed by atoms with Gasteiger partial charge < -0.3 is 11.1 Å². The first-order valence-electron chi connectivity index (χ1n) is 6.37. The molecule has 0 spiro atoms. The summed E-state index contributed by atoms with van der Waals surface area (Å²) in [6.07, 6.45) is 3.46. The van der Waals surface area contributed by atoms with Crippen LogP contribution in [-0.2, 0) is 22.7 Å². The maximum atomic E-state index is 12.3. The van der Waals surface area contributed by atoms with Gasteiger partial charge in [0.1, 0.15) is 0 Å². The highest BCUT2D eigenvalue weighted by Gasteiger charge is 2.31. The van der Waals surface area contributed by atoms with E-state index in [9.17, 15) is 13.2 Å². The Morgan fingerprint density at radius 1 is 1.37 bits per heavy atom. The summed E-state index contributed by atoms with van der Waals surface area (Å²) in [5, 5.41) is 3.37. The summed E-state index contributed by atoms with van der Waals surface area (Å²) in [5.74, 6) is -0.000782. The zero-order valence-electron chi connectivity index (χ0n) is 10.4. The summed E-state index contributed by atoms with van der Waals surface area (Å²) in [7, 11) is -2.97. The van der Waals surface area contributed by atoms with E-state index in [0.717, 1.165) is 24.8 Å². The van der Waals surface area contributed by atoms with Crippen LogP contribution in [0.4, 0.5) is 5.00 Å². The van der Waals surface area contributed by atoms with Gasteiger partial charge in [0.05, 0.1) is 22.1 Å². The Morgan fingerprint density at radius 3 is 2.84 bits per heavy atom. The van der Waals surface area contributed by atoms with Gasteiger partial charge in [-0.05, 0) is 31.2 Å². The van der Waals surface area contributed by atoms with Gasteiger partial charge in [0.15, 0.2) is 9.84 Å². The number of nitrogens with two attached hydrogens (primary N) is 1. The van der Waals surface area contributed by atoms with E-state index in [0.29, 0.717) is 17.0 Å². The Hall–Kier alpha value is -1.08. The number of amides is 1. The van der Waals surface area contributed by atoms with E-state index < -0.39 is 9.84 Å². The van der Waals surface area contributed by atoms with E-state index >= 15 is 0 Å². The molecule has 1 saturated heterocycles. The van der Waals surface area contributed by atoms with Gasteiger partial charge in [0.25, 0.3) is 5.91 Å². The van der Waals surface area contributed by atoms with Crippen molar-refractivity contribution in [3.05, 3.63) is 16.0 Å². The number of hydrogen-bond donors (Lipinski definition) is 2. The Balaban J connectivity index is 1.78. The van der Waals surface area contributed by atoms with E-state index in [1.165, 1.54) is 16.2 Å². The van der Waals surface area contributed by atoms with Crippen molar-refractivity contribution in [3.63, 3.8) is 0 Å². The molecule has 1 fully saturated rings. The standard InChI is InChI=1S/C12H16N2O3S2/c13-11-10(8-2-1-3-9(8)18-11)12(15)14-7-4-5-19(16,17)6-7/h7H,1-6,13H2,(H,14,15)/t7-/m1/s1. The molecule has 5 nitrogen and oxygen atoms in total. The fourth-order valence-electron chi connectivity index (χ4n) is 2.84. The van der Waals surface area contributed by atoms with Crippen molar-refractivity contribution < 1.29 is 13.2 Å². The van der Waals surface area contributed by atoms with Crippen LogP contribution < -0.4 is 11.1 Å². The number of hydrogen-bond acceptors (Lipinski definition) is 5. The average molecular weight is 300 g/mol. The second kappa shape index (κ2) is 4.49. The minimum absolute atomic E-state index is 0.0466. The fraction of sp³-hybridized carbons (Fsp3) is 0.583. The summed E-state index contributed by atoms with van der Waals surface area (Å²) in [4.78, 5) is 13.5. The molecule has 0 saturated carbocycles. The lowest BCUT2D eigenvalue weighted by atomic mass is 10.1. The van der Waals surface area contributed by atoms with E-state index in [1.807, 2.05) is 0 Å². The lowest BCUT2D eigenvalue weighted by molar-refractivity contribution is 0.0941. The number of thiophene rings is 1. The lowest BCUT2D eigenvalue weighted by Gasteiger charge is -2.11. The first-order valence-corrected chi connectivity index (χ1v) is 9.01. The van der Waals surface area contributed by atoms with Crippen LogP contribution in [0.25, 0.3) is 0 Å². The minimum atomic E-state index is -2.97. The number of carbonyl (C=O) groups excluding carboxylic acids is 1. The van der Waals surface area contributed by atoms with Crippen LogP contribution in [0.2, 0.25) is 0 Å². The van der Waals surface area contributed by atoms with Crippen molar-refractivity contribution in [2.24, 2.45) is 0 Å². The molecule has 1 amide bonds. The van der Waals surface area contributed by atoms with Crippen LogP contribution in [0.1, 0.15) is 33.6 Å². The van der Waals surface area contributed by atoms with Crippen molar-refractivity contribution in [2.75, 3.05) is 17.2 Å². The van der Waals surface area contributed by atoms with Gasteiger partial charge in [-0.3, -0.25) is 4.79 Å². The Labute approximate surface area is 116 Å². The molecule has 1 atom stereocenters. The molecule has 3 rings (SSSR count). The van der Waals surface area contributed by atoms with E-state index in [2.05, 4.69) is 5.32 Å². The summed E-state index contributed by atoms with van der Waals surface area (Å²) in [6, 6.07) is -0.270. The summed E-state index contributed by atoms with van der Waals surface area (Å²) >= 11 is 1.49. The predicted molar refractivity (Wildman–Crippen MR) is 75.3 cm³/mol. The number of carbonyl (C=O) groups is 1. The Bertz CT molecular complexity index is 634. The third-order valence-corrected chi connectivity index (χ3v) is 6.63. The molecule has 0 aromatic carbocycles. The molecule has 2 aliphatic rings. The highest BCUT2D eigenvalue weighted by Crippen LogP contribution is 2.37. The van der Waals surface area contributed by atoms with Crippen LogP contribution in [0.15, 0.2) is 0 Å². The summed E-state index contributed by atoms with van der Waals surface area (Å²) < 4.78 is 22.8. The molecule has 3 N–H and O–H groups in total. The minimum Gasteiger partial charge on any atom is -0.390 e. The van der Waals surface area contributed by atoms with Crippen LogP contribution >= 0.6 is 11.3 Å². The number of aryl methyl sites for hydroxylation is 1. The van der Waals surface area contributed by atoms with Crippen molar-refractivity contribution in [3.8, 4) is 0 Å². The maximum Gasteiger partial charge on any atom is 0.254 e. The molecule has 0 bridgehead atoms. The topological polar surface area (TPSA) is 89.3 Å². The number of anilines is 1. The van der Waals surface area contributed by atoms with Crippen LogP contribution in [-0.4, -0.2) is 31.9 Å². The van der Waals surface area contributed by atoms with Crippen molar-refractivity contribution in [1.29, 1.82) is 0 Å². The average Bonchev–Trinajstić information content (AvgIpc) is 2.92. The van der Waals surface area contributed by atoms with Crippen molar-refractivity contribution in [1.82, 2.24) is 5.32 Å². The van der Waals surface area contributed by atoms with Gasteiger partial charge in [0, 0.05) is 10.9 Å². The Kier molecular flexibility index (Phi) is 3.05. The van der Waals surface area contributed by atoms with Gasteiger partial charge in [0.2, 0.25) is 0 Å². The van der Waals surface area contributed by atoms with Gasteiger partial charge in [-0.15, -0.1) is 11.3 Å². The first-order chi connectivity index (χ1) is 8.96. The molecule has 104 valence electrons. The smallest absolute Gasteiger partial charge is 0.254 e. The van der Waals surface area contributed by atoms with Crippen LogP contribution in [0.5, 0.6) is 0 Å². The number of sulfone groups is 1. The van der Waals surface area contributed by atoms with Crippen molar-refractivity contribution in [2.45, 2.75) is 31.7 Å². The monoisotopic (exact) mass is 300 g/mol. The van der Waals surface area contributed by atoms with Gasteiger partial charge in [-0.25, -0.2) is 8.42 Å². The number of nitrogen functional groups attached to an aromatic ring is 1. The molecule has 19 heavy (non-hydrogen) atoms. The van der Waals surface area contributed by atoms with Gasteiger partial charge >= 0.3 is 0 Å². The number of nitrogens with one attached hydrogen (secondary N) is 1. The molecular formula is C12H16N2O3S2. The highest BCUT2D eigenvalue weighted by atomic mass is 32.2. The van der Waals surface area contributed by atoms with Gasteiger partial charge in [-0.2, -0.15) is 0 Å². The highest BCUT2D eigenvalue weighted by molar-refractivity contribution is 7.91. The first kappa shape index (κ1) is 12.9. The second-order valence-electron chi connectivity index (χ2n) is 5.17. The third kappa shape index (κ3) is 2.36. The van der Waals surface area contributed by atoms with Crippen LogP contribution in [0.3, 0.4) is 0 Å². The number of rotatable bonds is 2. The molecule has 1 aromatic heterocycles. The zero-order valence-corrected chi connectivity index (χ0v) is 12.1.